The first kappa shape index (κ1) is 36.5. The topological polar surface area (TPSA) is 68.1 Å². The summed E-state index contributed by atoms with van der Waals surface area (Å²) in [4.78, 5) is 8.11. The molecule has 8 heteroatoms. The van der Waals surface area contributed by atoms with Crippen LogP contribution in [0.5, 0.6) is 0 Å². The van der Waals surface area contributed by atoms with Gasteiger partial charge < -0.3 is 9.80 Å². The summed E-state index contributed by atoms with van der Waals surface area (Å²) >= 11 is 0. The van der Waals surface area contributed by atoms with Gasteiger partial charge in [0.1, 0.15) is 11.0 Å². The van der Waals surface area contributed by atoms with Crippen LogP contribution in [0.4, 0.5) is 34.1 Å². The molecular formula is C52H42N8. The fraction of sp³-hybridized carbons (Fsp3) is 0.0769. The highest BCUT2D eigenvalue weighted by Crippen LogP contribution is 2.43. The Bertz CT molecular complexity index is 2740. The van der Waals surface area contributed by atoms with E-state index in [1.54, 1.807) is 4.80 Å². The molecule has 290 valence electrons. The Hall–Kier alpha value is -7.84. The summed E-state index contributed by atoms with van der Waals surface area (Å²) < 4.78 is 0. The van der Waals surface area contributed by atoms with Crippen molar-refractivity contribution >= 4 is 56.2 Å². The average molecular weight is 779 g/mol. The molecule has 0 aliphatic heterocycles. The maximum atomic E-state index is 5.25. The second-order valence-electron chi connectivity index (χ2n) is 15.2. The van der Waals surface area contributed by atoms with E-state index in [0.29, 0.717) is 12.5 Å². The fourth-order valence-corrected chi connectivity index (χ4v) is 7.94. The van der Waals surface area contributed by atoms with Crippen LogP contribution < -0.4 is 19.7 Å². The molecule has 8 aromatic carbocycles. The van der Waals surface area contributed by atoms with Crippen LogP contribution in [0.25, 0.3) is 50.0 Å². The van der Waals surface area contributed by atoms with Gasteiger partial charge in [-0.15, -0.1) is 4.80 Å². The Morgan fingerprint density at radius 1 is 0.450 bits per heavy atom. The van der Waals surface area contributed by atoms with Crippen LogP contribution in [0.3, 0.4) is 0 Å². The Balaban J connectivity index is 1.16. The molecule has 0 N–H and O–H groups in total. The lowest BCUT2D eigenvalue weighted by Gasteiger charge is -2.25. The van der Waals surface area contributed by atoms with Gasteiger partial charge in [-0.3, -0.25) is 0 Å². The predicted molar refractivity (Wildman–Crippen MR) is 243 cm³/mol. The lowest BCUT2D eigenvalue weighted by molar-refractivity contribution is -0.715. The summed E-state index contributed by atoms with van der Waals surface area (Å²) in [7, 11) is 0. The highest BCUT2D eigenvalue weighted by atomic mass is 15.5. The first-order valence-corrected chi connectivity index (χ1v) is 20.3. The molecule has 0 aliphatic carbocycles. The van der Waals surface area contributed by atoms with E-state index in [9.17, 15) is 0 Å². The van der Waals surface area contributed by atoms with Crippen LogP contribution >= 0.6 is 0 Å². The second kappa shape index (κ2) is 15.8. The number of anilines is 6. The van der Waals surface area contributed by atoms with Gasteiger partial charge in [0.2, 0.25) is 5.69 Å². The first-order chi connectivity index (χ1) is 29.6. The third-order valence-electron chi connectivity index (χ3n) is 10.6. The minimum absolute atomic E-state index is 0.344. The molecule has 0 radical (unpaired) electrons. The van der Waals surface area contributed by atoms with Gasteiger partial charge in [-0.25, -0.2) is 0 Å². The molecule has 0 aliphatic rings. The standard InChI is InChI=1S/C52H42N8/c1-37(2)36-57-53-49-47(38-28-32-44(33-29-38)58(40-18-8-3-9-19-40)41-20-10-4-11-21-41)51-52(56-60(55-51)46-26-16-7-17-27-46)48(50(49)54-57)39-30-34-45(35-31-39)59(42-22-12-5-13-23-42)43-24-14-6-15-25-43/h3-35,37H,36H2,1-2H3. The highest BCUT2D eigenvalue weighted by Gasteiger charge is 2.24. The molecule has 0 fully saturated rings. The average Bonchev–Trinajstić information content (AvgIpc) is 3.92. The van der Waals surface area contributed by atoms with Crippen LogP contribution in [0.1, 0.15) is 13.8 Å². The number of hydrogen-bond donors (Lipinski definition) is 0. The van der Waals surface area contributed by atoms with Crippen LogP contribution in [0.15, 0.2) is 200 Å². The number of aromatic nitrogens is 6. The summed E-state index contributed by atoms with van der Waals surface area (Å²) in [5.74, 6) is 0.344. The molecule has 10 rings (SSSR count). The number of fused-ring (bicyclic) bond motifs is 2. The predicted octanol–water partition coefficient (Wildman–Crippen LogP) is 12.1. The molecule has 0 bridgehead atoms. The lowest BCUT2D eigenvalue weighted by atomic mass is 9.95. The fourth-order valence-electron chi connectivity index (χ4n) is 7.94. The van der Waals surface area contributed by atoms with Crippen LogP contribution in [0.2, 0.25) is 0 Å². The van der Waals surface area contributed by atoms with E-state index in [-0.39, 0.29) is 0 Å². The van der Waals surface area contributed by atoms with E-state index in [2.05, 4.69) is 169 Å². The third-order valence-corrected chi connectivity index (χ3v) is 10.6. The van der Waals surface area contributed by atoms with Crippen LogP contribution in [0, 0.1) is 5.92 Å². The molecule has 60 heavy (non-hydrogen) atoms. The molecule has 0 atom stereocenters. The molecule has 0 saturated heterocycles. The molecular weight excluding hydrogens is 737 g/mol. The van der Waals surface area contributed by atoms with Gasteiger partial charge in [0, 0.05) is 68.4 Å². The number of rotatable bonds is 11. The lowest BCUT2D eigenvalue weighted by Crippen LogP contribution is -2.37. The minimum Gasteiger partial charge on any atom is -0.311 e. The monoisotopic (exact) mass is 778 g/mol. The third kappa shape index (κ3) is 6.94. The van der Waals surface area contributed by atoms with E-state index in [1.165, 1.54) is 0 Å². The zero-order chi connectivity index (χ0) is 40.4. The van der Waals surface area contributed by atoms with Gasteiger partial charge in [0.15, 0.2) is 0 Å². The van der Waals surface area contributed by atoms with Gasteiger partial charge in [0.05, 0.1) is 6.54 Å². The Labute approximate surface area is 349 Å². The zero-order valence-electron chi connectivity index (χ0n) is 33.4. The molecule has 0 amide bonds. The van der Waals surface area contributed by atoms with E-state index in [1.807, 2.05) is 59.4 Å². The van der Waals surface area contributed by atoms with Gasteiger partial charge in [-0.2, -0.15) is 25.2 Å². The summed E-state index contributed by atoms with van der Waals surface area (Å²) in [6.45, 7) is 5.05. The van der Waals surface area contributed by atoms with Gasteiger partial charge >= 0.3 is 0 Å². The molecule has 2 heterocycles. The van der Waals surface area contributed by atoms with Crippen molar-refractivity contribution in [1.82, 2.24) is 25.2 Å². The van der Waals surface area contributed by atoms with Gasteiger partial charge in [0.25, 0.3) is 0 Å². The van der Waals surface area contributed by atoms with Crippen molar-refractivity contribution in [2.75, 3.05) is 9.80 Å². The van der Waals surface area contributed by atoms with Gasteiger partial charge in [-0.05, 0) is 89.8 Å². The number of para-hydroxylation sites is 5. The maximum Gasteiger partial charge on any atom is 0.226 e. The molecule has 10 aromatic rings. The van der Waals surface area contributed by atoms with Crippen LogP contribution in [-0.4, -0.2) is 20.1 Å². The zero-order valence-corrected chi connectivity index (χ0v) is 33.4. The maximum absolute atomic E-state index is 5.25. The second-order valence-corrected chi connectivity index (χ2v) is 15.2. The summed E-state index contributed by atoms with van der Waals surface area (Å²) in [5, 5.41) is 21.0. The number of hydrogen-bond acceptors (Lipinski definition) is 5. The van der Waals surface area contributed by atoms with Crippen molar-refractivity contribution in [3.05, 3.63) is 200 Å². The quantitative estimate of drug-likeness (QED) is 0.122. The molecule has 8 nitrogen and oxygen atoms in total. The largest absolute Gasteiger partial charge is 0.311 e. The van der Waals surface area contributed by atoms with Crippen molar-refractivity contribution in [2.24, 2.45) is 5.92 Å². The Morgan fingerprint density at radius 2 is 0.817 bits per heavy atom. The van der Waals surface area contributed by atoms with Crippen LogP contribution in [-0.2, 0) is 6.54 Å². The smallest absolute Gasteiger partial charge is 0.226 e. The minimum atomic E-state index is 0.344. The van der Waals surface area contributed by atoms with Crippen molar-refractivity contribution in [2.45, 2.75) is 20.4 Å². The normalized spacial score (nSPS) is 11.4. The van der Waals surface area contributed by atoms with E-state index in [0.717, 1.165) is 84.1 Å². The molecule has 0 saturated carbocycles. The molecule has 0 spiro atoms. The van der Waals surface area contributed by atoms with Crippen molar-refractivity contribution in [1.29, 1.82) is 0 Å². The molecule has 2 aromatic heterocycles. The van der Waals surface area contributed by atoms with Gasteiger partial charge in [-0.1, -0.05) is 129 Å². The molecule has 0 unspecified atom stereocenters. The first-order valence-electron chi connectivity index (χ1n) is 20.3. The summed E-state index contributed by atoms with van der Waals surface area (Å²) in [5.41, 5.74) is 14.1. The number of benzene rings is 8. The van der Waals surface area contributed by atoms with Crippen molar-refractivity contribution in [3.63, 3.8) is 0 Å². The SMILES string of the molecule is CC(C)Cn1nc2c(-c3ccc(N(c4ccccc4)c4ccccc4)cc3)c3n[n+](-c4ccccc4)[n-]c3c(-c3ccc(N(c4ccccc4)c4ccccc4)cc3)c2n1. The Kier molecular flexibility index (Phi) is 9.63. The summed E-state index contributed by atoms with van der Waals surface area (Å²) in [6, 6.07) is 69.2. The van der Waals surface area contributed by atoms with Crippen molar-refractivity contribution < 1.29 is 4.80 Å². The number of nitrogens with zero attached hydrogens (tertiary/aromatic N) is 8. The highest BCUT2D eigenvalue weighted by molar-refractivity contribution is 6.16. The Morgan fingerprint density at radius 3 is 1.23 bits per heavy atom. The van der Waals surface area contributed by atoms with E-state index in [4.69, 9.17) is 20.4 Å². The van der Waals surface area contributed by atoms with Crippen molar-refractivity contribution in [3.8, 4) is 27.9 Å². The summed E-state index contributed by atoms with van der Waals surface area (Å²) in [6.07, 6.45) is 0. The van der Waals surface area contributed by atoms with E-state index < -0.39 is 0 Å². The van der Waals surface area contributed by atoms with E-state index >= 15 is 0 Å².